The SMILES string of the molecule is CC(=O)C1CC2C(=C3CCC2C3)C1(C)C. The largest absolute Gasteiger partial charge is 0.300 e. The zero-order chi connectivity index (χ0) is 10.8. The first kappa shape index (κ1) is 9.62. The number of hydrogen-bond donors (Lipinski definition) is 0. The second-order valence-corrected chi connectivity index (χ2v) is 6.25. The van der Waals surface area contributed by atoms with Crippen LogP contribution in [0.5, 0.6) is 0 Å². The molecule has 3 rings (SSSR count). The Hall–Kier alpha value is -0.590. The average Bonchev–Trinajstić information content (AvgIpc) is 2.75. The third-order valence-corrected chi connectivity index (χ3v) is 5.19. The second kappa shape index (κ2) is 2.75. The van der Waals surface area contributed by atoms with E-state index in [1.807, 2.05) is 0 Å². The molecule has 0 radical (unpaired) electrons. The van der Waals surface area contributed by atoms with E-state index in [4.69, 9.17) is 0 Å². The van der Waals surface area contributed by atoms with E-state index in [1.54, 1.807) is 18.1 Å². The highest BCUT2D eigenvalue weighted by molar-refractivity contribution is 5.80. The number of carbonyl (C=O) groups is 1. The van der Waals surface area contributed by atoms with Gasteiger partial charge in [-0.05, 0) is 49.9 Å². The van der Waals surface area contributed by atoms with Crippen LogP contribution in [-0.4, -0.2) is 5.78 Å². The minimum absolute atomic E-state index is 0.168. The van der Waals surface area contributed by atoms with Crippen LogP contribution < -0.4 is 0 Å². The fourth-order valence-corrected chi connectivity index (χ4v) is 4.62. The van der Waals surface area contributed by atoms with Crippen molar-refractivity contribution >= 4 is 5.78 Å². The fourth-order valence-electron chi connectivity index (χ4n) is 4.62. The molecule has 3 aliphatic rings. The molecular weight excluding hydrogens is 184 g/mol. The summed E-state index contributed by atoms with van der Waals surface area (Å²) in [5.41, 5.74) is 3.58. The van der Waals surface area contributed by atoms with E-state index in [9.17, 15) is 4.79 Å². The number of carbonyl (C=O) groups excluding carboxylic acids is 1. The van der Waals surface area contributed by atoms with Gasteiger partial charge in [0.2, 0.25) is 0 Å². The van der Waals surface area contributed by atoms with Crippen molar-refractivity contribution in [3.63, 3.8) is 0 Å². The molecule has 2 saturated carbocycles. The standard InChI is InChI=1S/C14H20O/c1-8(15)12-7-11-9-4-5-10(6-9)13(11)14(12,2)3/h9,11-12H,4-7H2,1-3H3. The third kappa shape index (κ3) is 1.07. The van der Waals surface area contributed by atoms with Gasteiger partial charge in [0.15, 0.2) is 0 Å². The number of allylic oxidation sites excluding steroid dienone is 2. The zero-order valence-electron chi connectivity index (χ0n) is 9.97. The fraction of sp³-hybridized carbons (Fsp3) is 0.786. The summed E-state index contributed by atoms with van der Waals surface area (Å²) in [5.74, 6) is 2.38. The lowest BCUT2D eigenvalue weighted by molar-refractivity contribution is -0.122. The average molecular weight is 204 g/mol. The Morgan fingerprint density at radius 2 is 2.13 bits per heavy atom. The zero-order valence-corrected chi connectivity index (χ0v) is 9.97. The van der Waals surface area contributed by atoms with Crippen LogP contribution in [0.2, 0.25) is 0 Å². The minimum Gasteiger partial charge on any atom is -0.300 e. The lowest BCUT2D eigenvalue weighted by Crippen LogP contribution is -2.25. The van der Waals surface area contributed by atoms with Gasteiger partial charge in [-0.25, -0.2) is 0 Å². The molecule has 0 heterocycles. The molecular formula is C14H20O. The van der Waals surface area contributed by atoms with Gasteiger partial charge in [-0.3, -0.25) is 4.79 Å². The Balaban J connectivity index is 2.06. The van der Waals surface area contributed by atoms with Crippen LogP contribution >= 0.6 is 0 Å². The first-order chi connectivity index (χ1) is 7.01. The summed E-state index contributed by atoms with van der Waals surface area (Å²) in [6.45, 7) is 6.37. The van der Waals surface area contributed by atoms with Gasteiger partial charge in [-0.2, -0.15) is 0 Å². The van der Waals surface area contributed by atoms with Crippen LogP contribution in [0.25, 0.3) is 0 Å². The lowest BCUT2D eigenvalue weighted by atomic mass is 9.75. The maximum Gasteiger partial charge on any atom is 0.133 e. The number of hydrogen-bond acceptors (Lipinski definition) is 1. The van der Waals surface area contributed by atoms with Crippen molar-refractivity contribution < 1.29 is 4.79 Å². The summed E-state index contributed by atoms with van der Waals surface area (Å²) >= 11 is 0. The molecule has 0 amide bonds. The summed E-state index contributed by atoms with van der Waals surface area (Å²) in [6, 6.07) is 0. The molecule has 0 aliphatic heterocycles. The monoisotopic (exact) mass is 204 g/mol. The van der Waals surface area contributed by atoms with E-state index >= 15 is 0 Å². The maximum absolute atomic E-state index is 11.7. The summed E-state index contributed by atoms with van der Waals surface area (Å²) in [6.07, 6.45) is 5.22. The van der Waals surface area contributed by atoms with E-state index in [-0.39, 0.29) is 5.41 Å². The normalized spacial score (nSPS) is 41.1. The van der Waals surface area contributed by atoms with E-state index in [0.29, 0.717) is 11.7 Å². The van der Waals surface area contributed by atoms with Crippen molar-refractivity contribution in [2.24, 2.45) is 23.2 Å². The Kier molecular flexibility index (Phi) is 1.76. The summed E-state index contributed by atoms with van der Waals surface area (Å²) in [5, 5.41) is 0. The molecule has 0 saturated heterocycles. The molecule has 0 aromatic rings. The van der Waals surface area contributed by atoms with E-state index in [2.05, 4.69) is 13.8 Å². The topological polar surface area (TPSA) is 17.1 Å². The Labute approximate surface area is 91.9 Å². The van der Waals surface area contributed by atoms with Crippen molar-refractivity contribution in [3.05, 3.63) is 11.1 Å². The van der Waals surface area contributed by atoms with Crippen LogP contribution in [0.1, 0.15) is 46.5 Å². The molecule has 0 aromatic carbocycles. The Morgan fingerprint density at radius 1 is 1.40 bits per heavy atom. The first-order valence-electron chi connectivity index (χ1n) is 6.24. The third-order valence-electron chi connectivity index (χ3n) is 5.19. The molecule has 1 heteroatoms. The number of fused-ring (bicyclic) bond motifs is 4. The minimum atomic E-state index is 0.168. The number of ketones is 1. The summed E-state index contributed by atoms with van der Waals surface area (Å²) in [4.78, 5) is 11.7. The van der Waals surface area contributed by atoms with E-state index in [1.165, 1.54) is 19.3 Å². The van der Waals surface area contributed by atoms with Crippen LogP contribution in [0.3, 0.4) is 0 Å². The molecule has 2 bridgehead atoms. The Morgan fingerprint density at radius 3 is 2.73 bits per heavy atom. The van der Waals surface area contributed by atoms with Gasteiger partial charge < -0.3 is 0 Å². The van der Waals surface area contributed by atoms with Crippen LogP contribution in [0, 0.1) is 23.2 Å². The highest BCUT2D eigenvalue weighted by atomic mass is 16.1. The molecule has 3 atom stereocenters. The Bertz CT molecular complexity index is 362. The molecule has 0 N–H and O–H groups in total. The van der Waals surface area contributed by atoms with Crippen molar-refractivity contribution in [1.29, 1.82) is 0 Å². The highest BCUT2D eigenvalue weighted by Crippen LogP contribution is 2.63. The van der Waals surface area contributed by atoms with Gasteiger partial charge in [-0.15, -0.1) is 0 Å². The molecule has 2 fully saturated rings. The van der Waals surface area contributed by atoms with E-state index in [0.717, 1.165) is 18.3 Å². The van der Waals surface area contributed by atoms with Gasteiger partial charge in [0, 0.05) is 5.92 Å². The van der Waals surface area contributed by atoms with Crippen LogP contribution in [0.15, 0.2) is 11.1 Å². The van der Waals surface area contributed by atoms with Gasteiger partial charge >= 0.3 is 0 Å². The molecule has 3 aliphatic carbocycles. The molecule has 0 aromatic heterocycles. The van der Waals surface area contributed by atoms with Gasteiger partial charge in [0.1, 0.15) is 5.78 Å². The van der Waals surface area contributed by atoms with Gasteiger partial charge in [-0.1, -0.05) is 25.0 Å². The van der Waals surface area contributed by atoms with Crippen LogP contribution in [0.4, 0.5) is 0 Å². The quantitative estimate of drug-likeness (QED) is 0.599. The number of Topliss-reactive ketones (excluding diaryl/α,β-unsaturated/α-hetero) is 1. The molecule has 0 spiro atoms. The molecule has 82 valence electrons. The number of rotatable bonds is 1. The lowest BCUT2D eigenvalue weighted by Gasteiger charge is -2.29. The predicted molar refractivity (Wildman–Crippen MR) is 60.4 cm³/mol. The van der Waals surface area contributed by atoms with Gasteiger partial charge in [0.05, 0.1) is 0 Å². The predicted octanol–water partition coefficient (Wildman–Crippen LogP) is 3.35. The molecule has 15 heavy (non-hydrogen) atoms. The molecule has 3 unspecified atom stereocenters. The highest BCUT2D eigenvalue weighted by Gasteiger charge is 2.54. The van der Waals surface area contributed by atoms with Crippen molar-refractivity contribution in [1.82, 2.24) is 0 Å². The van der Waals surface area contributed by atoms with Gasteiger partial charge in [0.25, 0.3) is 0 Å². The van der Waals surface area contributed by atoms with Crippen LogP contribution in [-0.2, 0) is 4.79 Å². The summed E-state index contributed by atoms with van der Waals surface area (Å²) < 4.78 is 0. The van der Waals surface area contributed by atoms with Crippen molar-refractivity contribution in [3.8, 4) is 0 Å². The summed E-state index contributed by atoms with van der Waals surface area (Å²) in [7, 11) is 0. The van der Waals surface area contributed by atoms with Crippen molar-refractivity contribution in [2.75, 3.05) is 0 Å². The second-order valence-electron chi connectivity index (χ2n) is 6.25. The first-order valence-corrected chi connectivity index (χ1v) is 6.24. The smallest absolute Gasteiger partial charge is 0.133 e. The molecule has 1 nitrogen and oxygen atoms in total. The maximum atomic E-state index is 11.7. The van der Waals surface area contributed by atoms with Crippen molar-refractivity contribution in [2.45, 2.75) is 46.5 Å². The van der Waals surface area contributed by atoms with E-state index < -0.39 is 0 Å².